The van der Waals surface area contributed by atoms with Crippen LogP contribution in [0.4, 0.5) is 8.78 Å². The maximum Gasteiger partial charge on any atom is 0.281 e. The summed E-state index contributed by atoms with van der Waals surface area (Å²) in [7, 11) is -4.33. The Balaban J connectivity index is 3.65. The summed E-state index contributed by atoms with van der Waals surface area (Å²) >= 11 is 0. The fourth-order valence-electron chi connectivity index (χ4n) is 1.11. The van der Waals surface area contributed by atoms with Gasteiger partial charge in [-0.05, 0) is 6.92 Å². The molecule has 15 heavy (non-hydrogen) atoms. The number of nitrogens with two attached hydrogens (primary N) is 1. The van der Waals surface area contributed by atoms with Gasteiger partial charge in [-0.15, -0.1) is 0 Å². The lowest BCUT2D eigenvalue weighted by molar-refractivity contribution is 0.142. The molecule has 0 radical (unpaired) electrons. The van der Waals surface area contributed by atoms with Gasteiger partial charge in [-0.25, -0.2) is 27.3 Å². The maximum absolute atomic E-state index is 12.4. The summed E-state index contributed by atoms with van der Waals surface area (Å²) in [5.41, 5.74) is -1.18. The van der Waals surface area contributed by atoms with E-state index in [2.05, 4.69) is 4.98 Å². The zero-order valence-corrected chi connectivity index (χ0v) is 8.42. The molecule has 1 aromatic heterocycles. The topological polar surface area (TPSA) is 93.3 Å². The number of aromatic hydroxyl groups is 1. The van der Waals surface area contributed by atoms with E-state index in [0.29, 0.717) is 0 Å². The van der Waals surface area contributed by atoms with Gasteiger partial charge in [0.25, 0.3) is 6.43 Å². The van der Waals surface area contributed by atoms with Crippen LogP contribution in [0.1, 0.15) is 17.7 Å². The Hall–Kier alpha value is -1.28. The molecule has 3 N–H and O–H groups in total. The SMILES string of the molecule is Cc1c(O)cnc(C(F)F)c1S(N)(=O)=O. The zero-order valence-electron chi connectivity index (χ0n) is 7.61. The van der Waals surface area contributed by atoms with Gasteiger partial charge < -0.3 is 5.11 Å². The van der Waals surface area contributed by atoms with Crippen molar-refractivity contribution in [2.24, 2.45) is 5.14 Å². The average Bonchev–Trinajstić information content (AvgIpc) is 2.06. The molecule has 5 nitrogen and oxygen atoms in total. The van der Waals surface area contributed by atoms with Crippen molar-refractivity contribution >= 4 is 10.0 Å². The minimum absolute atomic E-state index is 0.234. The molecule has 1 aromatic rings. The quantitative estimate of drug-likeness (QED) is 0.792. The summed E-state index contributed by atoms with van der Waals surface area (Å²) in [5.74, 6) is -0.497. The van der Waals surface area contributed by atoms with Crippen molar-refractivity contribution in [2.45, 2.75) is 18.2 Å². The second-order valence-electron chi connectivity index (χ2n) is 2.83. The van der Waals surface area contributed by atoms with E-state index >= 15 is 0 Å². The predicted molar refractivity (Wildman–Crippen MR) is 47.0 cm³/mol. The van der Waals surface area contributed by atoms with Crippen LogP contribution < -0.4 is 5.14 Å². The number of hydrogen-bond donors (Lipinski definition) is 2. The Labute approximate surface area is 84.6 Å². The highest BCUT2D eigenvalue weighted by Gasteiger charge is 2.26. The van der Waals surface area contributed by atoms with E-state index in [1.54, 1.807) is 0 Å². The van der Waals surface area contributed by atoms with Crippen molar-refractivity contribution < 1.29 is 22.3 Å². The maximum atomic E-state index is 12.4. The molecule has 0 bridgehead atoms. The van der Waals surface area contributed by atoms with Gasteiger partial charge in [-0.3, -0.25) is 0 Å². The third-order valence-corrected chi connectivity index (χ3v) is 2.86. The van der Waals surface area contributed by atoms with E-state index in [9.17, 15) is 17.2 Å². The summed E-state index contributed by atoms with van der Waals surface area (Å²) in [6.07, 6.45) is -2.32. The lowest BCUT2D eigenvalue weighted by Gasteiger charge is -2.09. The second kappa shape index (κ2) is 3.70. The van der Waals surface area contributed by atoms with Crippen LogP contribution in [0.25, 0.3) is 0 Å². The van der Waals surface area contributed by atoms with Gasteiger partial charge in [0.15, 0.2) is 0 Å². The Morgan fingerprint density at radius 1 is 1.53 bits per heavy atom. The van der Waals surface area contributed by atoms with E-state index in [-0.39, 0.29) is 5.56 Å². The van der Waals surface area contributed by atoms with Crippen LogP contribution in [0, 0.1) is 6.92 Å². The van der Waals surface area contributed by atoms with E-state index in [0.717, 1.165) is 6.20 Å². The van der Waals surface area contributed by atoms with Crippen LogP contribution >= 0.6 is 0 Å². The summed E-state index contributed by atoms with van der Waals surface area (Å²) in [5, 5.41) is 13.9. The van der Waals surface area contributed by atoms with Gasteiger partial charge in [0, 0.05) is 5.56 Å². The summed E-state index contributed by atoms with van der Waals surface area (Å²) in [4.78, 5) is 2.32. The Morgan fingerprint density at radius 2 is 2.07 bits per heavy atom. The number of primary sulfonamides is 1. The van der Waals surface area contributed by atoms with Crippen molar-refractivity contribution in [1.82, 2.24) is 4.98 Å². The molecule has 0 spiro atoms. The van der Waals surface area contributed by atoms with Crippen LogP contribution in [0.5, 0.6) is 5.75 Å². The molecule has 0 amide bonds. The Kier molecular flexibility index (Phi) is 2.91. The highest BCUT2D eigenvalue weighted by atomic mass is 32.2. The van der Waals surface area contributed by atoms with Crippen LogP contribution in [-0.2, 0) is 10.0 Å². The van der Waals surface area contributed by atoms with Crippen molar-refractivity contribution in [2.75, 3.05) is 0 Å². The second-order valence-corrected chi connectivity index (χ2v) is 4.33. The van der Waals surface area contributed by atoms with Gasteiger partial charge in [-0.1, -0.05) is 0 Å². The summed E-state index contributed by atoms with van der Waals surface area (Å²) in [6, 6.07) is 0. The van der Waals surface area contributed by atoms with Crippen molar-refractivity contribution in [3.63, 3.8) is 0 Å². The Morgan fingerprint density at radius 3 is 2.47 bits per heavy atom. The van der Waals surface area contributed by atoms with Gasteiger partial charge in [0.05, 0.1) is 6.20 Å². The molecular formula is C7H8F2N2O3S. The Bertz CT molecular complexity index is 487. The molecule has 0 aliphatic rings. The minimum Gasteiger partial charge on any atom is -0.506 e. The molecule has 1 heterocycles. The van der Waals surface area contributed by atoms with Crippen molar-refractivity contribution in [1.29, 1.82) is 0 Å². The molecular weight excluding hydrogens is 230 g/mol. The zero-order chi connectivity index (χ0) is 11.8. The molecule has 8 heteroatoms. The summed E-state index contributed by atoms with van der Waals surface area (Å²) < 4.78 is 46.9. The number of rotatable bonds is 2. The largest absolute Gasteiger partial charge is 0.506 e. The minimum atomic E-state index is -4.33. The molecule has 0 unspecified atom stereocenters. The molecule has 84 valence electrons. The number of aromatic nitrogens is 1. The van der Waals surface area contributed by atoms with E-state index < -0.39 is 32.8 Å². The van der Waals surface area contributed by atoms with Gasteiger partial charge in [0.2, 0.25) is 10.0 Å². The van der Waals surface area contributed by atoms with E-state index in [1.807, 2.05) is 0 Å². The molecule has 0 saturated carbocycles. The van der Waals surface area contributed by atoms with Gasteiger partial charge in [0.1, 0.15) is 16.3 Å². The number of pyridine rings is 1. The first-order chi connectivity index (χ1) is 6.75. The molecule has 1 rings (SSSR count). The highest BCUT2D eigenvalue weighted by Crippen LogP contribution is 2.30. The fraction of sp³-hybridized carbons (Fsp3) is 0.286. The van der Waals surface area contributed by atoms with Crippen molar-refractivity contribution in [3.05, 3.63) is 17.5 Å². The first-order valence-corrected chi connectivity index (χ1v) is 5.29. The average molecular weight is 238 g/mol. The fourth-order valence-corrected chi connectivity index (χ4v) is 2.07. The number of alkyl halides is 2. The molecule has 0 atom stereocenters. The molecule has 0 saturated heterocycles. The first-order valence-electron chi connectivity index (χ1n) is 3.74. The van der Waals surface area contributed by atoms with Crippen molar-refractivity contribution in [3.8, 4) is 5.75 Å². The number of halogens is 2. The number of hydrogen-bond acceptors (Lipinski definition) is 4. The molecule has 0 aliphatic heterocycles. The molecule has 0 fully saturated rings. The van der Waals surface area contributed by atoms with Crippen LogP contribution in [0.3, 0.4) is 0 Å². The van der Waals surface area contributed by atoms with Crippen LogP contribution in [0.2, 0.25) is 0 Å². The predicted octanol–water partition coefficient (Wildman–Crippen LogP) is 0.681. The molecule has 0 aromatic carbocycles. The number of nitrogens with zero attached hydrogens (tertiary/aromatic N) is 1. The van der Waals surface area contributed by atoms with Gasteiger partial charge >= 0.3 is 0 Å². The lowest BCUT2D eigenvalue weighted by atomic mass is 10.2. The standard InChI is InChI=1S/C7H8F2N2O3S/c1-3-4(12)2-11-5(7(8)9)6(3)15(10,13)14/h2,7,12H,1H3,(H2,10,13,14). The number of sulfonamides is 1. The van der Waals surface area contributed by atoms with E-state index in [4.69, 9.17) is 10.2 Å². The third kappa shape index (κ3) is 2.21. The monoisotopic (exact) mass is 238 g/mol. The normalized spacial score (nSPS) is 12.1. The summed E-state index contributed by atoms with van der Waals surface area (Å²) in [6.45, 7) is 1.17. The lowest BCUT2D eigenvalue weighted by Crippen LogP contribution is -2.17. The van der Waals surface area contributed by atoms with Crippen LogP contribution in [0.15, 0.2) is 11.1 Å². The molecule has 0 aliphatic carbocycles. The highest BCUT2D eigenvalue weighted by molar-refractivity contribution is 7.89. The third-order valence-electron chi connectivity index (χ3n) is 1.77. The first kappa shape index (κ1) is 11.8. The smallest absolute Gasteiger partial charge is 0.281 e. The van der Waals surface area contributed by atoms with Gasteiger partial charge in [-0.2, -0.15) is 0 Å². The van der Waals surface area contributed by atoms with E-state index in [1.165, 1.54) is 6.92 Å². The van der Waals surface area contributed by atoms with Crippen LogP contribution in [-0.4, -0.2) is 18.5 Å².